The number of allylic oxidation sites excluding steroid dienone is 1. The number of aliphatic hydroxyl groups is 1. The number of ether oxygens (including phenoxy) is 1. The lowest BCUT2D eigenvalue weighted by Gasteiger charge is -2.32. The highest BCUT2D eigenvalue weighted by molar-refractivity contribution is 7.99. The molecule has 0 spiro atoms. The number of unbranched alkanes of at least 4 members (excludes halogenated alkanes) is 2. The van der Waals surface area contributed by atoms with Gasteiger partial charge < -0.3 is 9.84 Å². The molecule has 0 radical (unpaired) electrons. The molecule has 0 amide bonds. The zero-order chi connectivity index (χ0) is 13.2. The number of aliphatic hydroxyl groups excluding tert-OH is 1. The molecule has 1 heterocycles. The van der Waals surface area contributed by atoms with E-state index >= 15 is 0 Å². The Morgan fingerprint density at radius 3 is 2.67 bits per heavy atom. The zero-order valence-corrected chi connectivity index (χ0v) is 12.5. The Morgan fingerprint density at radius 2 is 2.06 bits per heavy atom. The fraction of sp³-hybridized carbons (Fsp3) is 0.857. The van der Waals surface area contributed by atoms with Crippen LogP contribution in [0.3, 0.4) is 0 Å². The SMILES string of the molecule is CCCCC/C(O)=C/C(SCC)N1CCOCC1. The molecule has 1 N–H and O–H groups in total. The minimum Gasteiger partial charge on any atom is -0.513 e. The molecule has 4 heteroatoms. The maximum absolute atomic E-state index is 9.99. The van der Waals surface area contributed by atoms with Gasteiger partial charge in [0.25, 0.3) is 0 Å². The summed E-state index contributed by atoms with van der Waals surface area (Å²) in [5, 5.41) is 10.3. The minimum atomic E-state index is 0.306. The summed E-state index contributed by atoms with van der Waals surface area (Å²) in [7, 11) is 0. The summed E-state index contributed by atoms with van der Waals surface area (Å²) in [6.07, 6.45) is 6.34. The van der Waals surface area contributed by atoms with Crippen molar-refractivity contribution in [3.63, 3.8) is 0 Å². The van der Waals surface area contributed by atoms with Gasteiger partial charge in [-0.2, -0.15) is 0 Å². The number of hydrogen-bond acceptors (Lipinski definition) is 4. The van der Waals surface area contributed by atoms with Crippen LogP contribution in [0, 0.1) is 0 Å². The Hall–Kier alpha value is -0.190. The van der Waals surface area contributed by atoms with Crippen LogP contribution in [-0.4, -0.2) is 47.4 Å². The second-order valence-electron chi connectivity index (χ2n) is 4.61. The van der Waals surface area contributed by atoms with E-state index in [2.05, 4.69) is 18.7 Å². The smallest absolute Gasteiger partial charge is 0.0907 e. The molecule has 0 aliphatic carbocycles. The highest BCUT2D eigenvalue weighted by atomic mass is 32.2. The molecular formula is C14H27NO2S. The van der Waals surface area contributed by atoms with Crippen molar-refractivity contribution in [1.82, 2.24) is 4.90 Å². The summed E-state index contributed by atoms with van der Waals surface area (Å²) in [6.45, 7) is 7.91. The van der Waals surface area contributed by atoms with Crippen LogP contribution in [0.4, 0.5) is 0 Å². The molecule has 18 heavy (non-hydrogen) atoms. The van der Waals surface area contributed by atoms with Gasteiger partial charge in [0.1, 0.15) is 0 Å². The Labute approximate surface area is 116 Å². The van der Waals surface area contributed by atoms with Crippen molar-refractivity contribution >= 4 is 11.8 Å². The van der Waals surface area contributed by atoms with Crippen LogP contribution >= 0.6 is 11.8 Å². The fourth-order valence-electron chi connectivity index (χ4n) is 2.07. The number of morpholine rings is 1. The summed E-state index contributed by atoms with van der Waals surface area (Å²) in [4.78, 5) is 2.40. The number of hydrogen-bond donors (Lipinski definition) is 1. The van der Waals surface area contributed by atoms with E-state index in [4.69, 9.17) is 4.74 Å². The Morgan fingerprint density at radius 1 is 1.33 bits per heavy atom. The maximum atomic E-state index is 9.99. The monoisotopic (exact) mass is 273 g/mol. The third kappa shape index (κ3) is 6.12. The normalized spacial score (nSPS) is 20.0. The van der Waals surface area contributed by atoms with E-state index in [-0.39, 0.29) is 0 Å². The fourth-order valence-corrected chi connectivity index (χ4v) is 3.08. The van der Waals surface area contributed by atoms with Gasteiger partial charge in [0, 0.05) is 19.5 Å². The predicted molar refractivity (Wildman–Crippen MR) is 79.2 cm³/mol. The van der Waals surface area contributed by atoms with E-state index in [0.29, 0.717) is 11.1 Å². The molecule has 1 aliphatic heterocycles. The Kier molecular flexibility index (Phi) is 8.55. The highest BCUT2D eigenvalue weighted by Crippen LogP contribution is 2.20. The van der Waals surface area contributed by atoms with Crippen LogP contribution in [-0.2, 0) is 4.74 Å². The first-order chi connectivity index (χ1) is 8.77. The molecule has 3 nitrogen and oxygen atoms in total. The van der Waals surface area contributed by atoms with Gasteiger partial charge in [0.05, 0.1) is 24.3 Å². The second-order valence-corrected chi connectivity index (χ2v) is 6.00. The molecule has 1 fully saturated rings. The van der Waals surface area contributed by atoms with Crippen LogP contribution in [0.15, 0.2) is 11.8 Å². The molecule has 0 aromatic carbocycles. The third-order valence-corrected chi connectivity index (χ3v) is 4.22. The van der Waals surface area contributed by atoms with Gasteiger partial charge in [0.15, 0.2) is 0 Å². The van der Waals surface area contributed by atoms with Gasteiger partial charge in [-0.05, 0) is 18.2 Å². The van der Waals surface area contributed by atoms with Gasteiger partial charge in [-0.3, -0.25) is 4.90 Å². The molecule has 1 unspecified atom stereocenters. The van der Waals surface area contributed by atoms with Gasteiger partial charge in [-0.1, -0.05) is 26.7 Å². The van der Waals surface area contributed by atoms with Crippen molar-refractivity contribution in [3.8, 4) is 0 Å². The van der Waals surface area contributed by atoms with E-state index in [9.17, 15) is 5.11 Å². The summed E-state index contributed by atoms with van der Waals surface area (Å²) < 4.78 is 5.38. The Balaban J connectivity index is 2.46. The molecule has 0 bridgehead atoms. The topological polar surface area (TPSA) is 32.7 Å². The Bertz CT molecular complexity index is 240. The molecule has 106 valence electrons. The molecule has 1 rings (SSSR count). The van der Waals surface area contributed by atoms with E-state index in [1.165, 1.54) is 12.8 Å². The number of thioether (sulfide) groups is 1. The summed E-state index contributed by atoms with van der Waals surface area (Å²) in [6, 6.07) is 0. The summed E-state index contributed by atoms with van der Waals surface area (Å²) in [5.74, 6) is 1.63. The van der Waals surface area contributed by atoms with Crippen molar-refractivity contribution in [2.24, 2.45) is 0 Å². The molecule has 0 saturated carbocycles. The van der Waals surface area contributed by atoms with Crippen molar-refractivity contribution in [1.29, 1.82) is 0 Å². The summed E-state index contributed by atoms with van der Waals surface area (Å²) in [5.41, 5.74) is 0. The quantitative estimate of drug-likeness (QED) is 0.542. The van der Waals surface area contributed by atoms with E-state index in [0.717, 1.165) is 44.9 Å². The van der Waals surface area contributed by atoms with Crippen molar-refractivity contribution in [2.75, 3.05) is 32.1 Å². The van der Waals surface area contributed by atoms with Gasteiger partial charge in [0.2, 0.25) is 0 Å². The van der Waals surface area contributed by atoms with Crippen molar-refractivity contribution < 1.29 is 9.84 Å². The van der Waals surface area contributed by atoms with Crippen molar-refractivity contribution in [3.05, 3.63) is 11.8 Å². The largest absolute Gasteiger partial charge is 0.513 e. The molecule has 1 atom stereocenters. The average molecular weight is 273 g/mol. The highest BCUT2D eigenvalue weighted by Gasteiger charge is 2.19. The molecule has 1 aliphatic rings. The maximum Gasteiger partial charge on any atom is 0.0907 e. The lowest BCUT2D eigenvalue weighted by atomic mass is 10.2. The van der Waals surface area contributed by atoms with E-state index < -0.39 is 0 Å². The van der Waals surface area contributed by atoms with Gasteiger partial charge in [-0.25, -0.2) is 0 Å². The van der Waals surface area contributed by atoms with Crippen LogP contribution in [0.1, 0.15) is 39.5 Å². The third-order valence-electron chi connectivity index (χ3n) is 3.11. The average Bonchev–Trinajstić information content (AvgIpc) is 2.39. The van der Waals surface area contributed by atoms with Crippen LogP contribution in [0.2, 0.25) is 0 Å². The summed E-state index contributed by atoms with van der Waals surface area (Å²) >= 11 is 1.88. The van der Waals surface area contributed by atoms with Gasteiger partial charge >= 0.3 is 0 Å². The zero-order valence-electron chi connectivity index (χ0n) is 11.7. The second kappa shape index (κ2) is 9.70. The lowest BCUT2D eigenvalue weighted by molar-refractivity contribution is 0.0382. The van der Waals surface area contributed by atoms with Crippen molar-refractivity contribution in [2.45, 2.75) is 44.9 Å². The molecule has 0 aromatic heterocycles. The predicted octanol–water partition coefficient (Wildman–Crippen LogP) is 3.42. The standard InChI is InChI=1S/C14H27NO2S/c1-3-5-6-7-13(16)12-14(18-4-2)15-8-10-17-11-9-15/h12,14,16H,3-11H2,1-2H3/b13-12-. The minimum absolute atomic E-state index is 0.306. The van der Waals surface area contributed by atoms with Crippen LogP contribution in [0.25, 0.3) is 0 Å². The molecular weight excluding hydrogens is 246 g/mol. The van der Waals surface area contributed by atoms with Crippen LogP contribution in [0.5, 0.6) is 0 Å². The first-order valence-corrected chi connectivity index (χ1v) is 8.15. The van der Waals surface area contributed by atoms with E-state index in [1.807, 2.05) is 17.8 Å². The first-order valence-electron chi connectivity index (χ1n) is 7.11. The molecule has 0 aromatic rings. The van der Waals surface area contributed by atoms with E-state index in [1.54, 1.807) is 0 Å². The van der Waals surface area contributed by atoms with Gasteiger partial charge in [-0.15, -0.1) is 11.8 Å². The number of nitrogens with zero attached hydrogens (tertiary/aromatic N) is 1. The first kappa shape index (κ1) is 15.9. The lowest BCUT2D eigenvalue weighted by Crippen LogP contribution is -2.41. The van der Waals surface area contributed by atoms with Crippen LogP contribution < -0.4 is 0 Å². The number of rotatable bonds is 8. The molecule has 1 saturated heterocycles.